The summed E-state index contributed by atoms with van der Waals surface area (Å²) in [6.45, 7) is 5.75. The minimum absolute atomic E-state index is 0. The Labute approximate surface area is 180 Å². The van der Waals surface area contributed by atoms with Crippen molar-refractivity contribution < 1.29 is 56.5 Å². The van der Waals surface area contributed by atoms with E-state index >= 15 is 0 Å². The molecule has 0 bridgehead atoms. The fraction of sp³-hybridized carbons (Fsp3) is 0.294. The van der Waals surface area contributed by atoms with Crippen molar-refractivity contribution in [2.24, 2.45) is 5.10 Å². The number of carbonyl (C=O) groups excluding carboxylic acids is 1. The van der Waals surface area contributed by atoms with E-state index in [2.05, 4.69) is 10.5 Å². The number of aryl methyl sites for hydroxylation is 1. The summed E-state index contributed by atoms with van der Waals surface area (Å²) in [5, 5.41) is 2.92. The van der Waals surface area contributed by atoms with Crippen molar-refractivity contribution in [3.63, 3.8) is 0 Å². The standard InChI is InChI=1S/C17H20N2O6S.Na/c1-11(2)14-6-4-12(3)8-15(14)24-10-16(20)19-18-9-13-5-7-17(25-13)26(21,22)23;/h4-9,11H,10H2,1-3H3,(H,19,20)(H,21,22,23);/q;+1/p-1/b18-9+;. The second-order valence-electron chi connectivity index (χ2n) is 5.89. The van der Waals surface area contributed by atoms with E-state index in [4.69, 9.17) is 9.15 Å². The van der Waals surface area contributed by atoms with Crippen LogP contribution in [0, 0.1) is 6.92 Å². The van der Waals surface area contributed by atoms with E-state index in [0.29, 0.717) is 5.75 Å². The van der Waals surface area contributed by atoms with Gasteiger partial charge >= 0.3 is 29.6 Å². The van der Waals surface area contributed by atoms with Crippen molar-refractivity contribution in [1.82, 2.24) is 5.43 Å². The molecule has 0 unspecified atom stereocenters. The molecule has 1 aromatic carbocycles. The predicted molar refractivity (Wildman–Crippen MR) is 93.2 cm³/mol. The summed E-state index contributed by atoms with van der Waals surface area (Å²) in [4.78, 5) is 11.8. The summed E-state index contributed by atoms with van der Waals surface area (Å²) >= 11 is 0. The van der Waals surface area contributed by atoms with E-state index in [0.717, 1.165) is 23.4 Å². The third-order valence-corrected chi connectivity index (χ3v) is 4.09. The molecule has 0 saturated heterocycles. The van der Waals surface area contributed by atoms with Gasteiger partial charge in [0.25, 0.3) is 5.91 Å². The molecule has 0 radical (unpaired) electrons. The smallest absolute Gasteiger partial charge is 0.742 e. The summed E-state index contributed by atoms with van der Waals surface area (Å²) in [7, 11) is -4.66. The number of furan rings is 1. The van der Waals surface area contributed by atoms with E-state index in [-0.39, 0.29) is 47.8 Å². The molecule has 0 aliphatic rings. The van der Waals surface area contributed by atoms with Crippen LogP contribution in [0.1, 0.15) is 36.7 Å². The van der Waals surface area contributed by atoms with E-state index in [9.17, 15) is 17.8 Å². The third kappa shape index (κ3) is 7.11. The number of nitrogens with zero attached hydrogens (tertiary/aromatic N) is 1. The monoisotopic (exact) mass is 402 g/mol. The molecule has 10 heteroatoms. The van der Waals surface area contributed by atoms with E-state index in [1.54, 1.807) is 0 Å². The van der Waals surface area contributed by atoms with Crippen LogP contribution in [0.2, 0.25) is 0 Å². The molecular formula is C17H19N2NaO6S. The normalized spacial score (nSPS) is 11.4. The Balaban J connectivity index is 0.00000364. The molecule has 2 rings (SSSR count). The van der Waals surface area contributed by atoms with E-state index in [1.807, 2.05) is 39.0 Å². The Kier molecular flexibility index (Phi) is 8.70. The van der Waals surface area contributed by atoms with Crippen LogP contribution in [0.4, 0.5) is 0 Å². The van der Waals surface area contributed by atoms with Gasteiger partial charge in [-0.05, 0) is 42.2 Å². The molecule has 0 fully saturated rings. The van der Waals surface area contributed by atoms with Gasteiger partial charge in [-0.3, -0.25) is 4.79 Å². The first kappa shape index (κ1) is 23.4. The maximum Gasteiger partial charge on any atom is 1.00 e. The minimum Gasteiger partial charge on any atom is -0.742 e. The van der Waals surface area contributed by atoms with Gasteiger partial charge in [0.15, 0.2) is 16.7 Å². The average molecular weight is 402 g/mol. The molecule has 1 N–H and O–H groups in total. The zero-order valence-electron chi connectivity index (χ0n) is 15.6. The van der Waals surface area contributed by atoms with Gasteiger partial charge in [0.05, 0.1) is 6.21 Å². The van der Waals surface area contributed by atoms with Crippen LogP contribution in [0.15, 0.2) is 44.9 Å². The number of hydrazone groups is 1. The van der Waals surface area contributed by atoms with Gasteiger partial charge in [0.1, 0.15) is 11.5 Å². The van der Waals surface area contributed by atoms with Gasteiger partial charge in [0, 0.05) is 0 Å². The van der Waals surface area contributed by atoms with Gasteiger partial charge in [-0.1, -0.05) is 26.0 Å². The molecular weight excluding hydrogens is 383 g/mol. The molecule has 1 heterocycles. The van der Waals surface area contributed by atoms with Crippen LogP contribution < -0.4 is 39.7 Å². The SMILES string of the molecule is Cc1ccc(C(C)C)c(OCC(=O)N/N=C/c2ccc(S(=O)(=O)[O-])o2)c1.[Na+]. The Morgan fingerprint density at radius 2 is 2.04 bits per heavy atom. The summed E-state index contributed by atoms with van der Waals surface area (Å²) in [5.41, 5.74) is 4.24. The largest absolute Gasteiger partial charge is 1.00 e. The van der Waals surface area contributed by atoms with Crippen molar-refractivity contribution in [2.75, 3.05) is 6.61 Å². The van der Waals surface area contributed by atoms with Gasteiger partial charge < -0.3 is 13.7 Å². The Bertz CT molecular complexity index is 921. The van der Waals surface area contributed by atoms with E-state index < -0.39 is 21.1 Å². The Morgan fingerprint density at radius 1 is 1.33 bits per heavy atom. The topological polar surface area (TPSA) is 121 Å². The molecule has 2 aromatic rings. The first-order valence-corrected chi connectivity index (χ1v) is 9.18. The maximum absolute atomic E-state index is 11.8. The van der Waals surface area contributed by atoms with E-state index in [1.165, 1.54) is 6.07 Å². The summed E-state index contributed by atoms with van der Waals surface area (Å²) < 4.78 is 42.6. The maximum atomic E-state index is 11.8. The molecule has 1 aromatic heterocycles. The Hall–Kier alpha value is -1.65. The fourth-order valence-corrected chi connectivity index (χ4v) is 2.56. The second kappa shape index (κ2) is 10.0. The second-order valence-corrected chi connectivity index (χ2v) is 7.20. The fourth-order valence-electron chi connectivity index (χ4n) is 2.13. The number of benzene rings is 1. The van der Waals surface area contributed by atoms with Crippen LogP contribution in [0.5, 0.6) is 5.75 Å². The summed E-state index contributed by atoms with van der Waals surface area (Å²) in [6.07, 6.45) is 1.08. The first-order valence-electron chi connectivity index (χ1n) is 7.78. The Morgan fingerprint density at radius 3 is 2.63 bits per heavy atom. The van der Waals surface area contributed by atoms with Crippen LogP contribution in [-0.2, 0) is 14.9 Å². The number of carbonyl (C=O) groups is 1. The van der Waals surface area contributed by atoms with Gasteiger partial charge in [-0.25, -0.2) is 13.8 Å². The molecule has 0 saturated carbocycles. The molecule has 140 valence electrons. The zero-order chi connectivity index (χ0) is 19.3. The quantitative estimate of drug-likeness (QED) is 0.279. The van der Waals surface area contributed by atoms with Gasteiger partial charge in [-0.2, -0.15) is 5.10 Å². The molecule has 0 spiro atoms. The molecule has 0 aliphatic carbocycles. The van der Waals surface area contributed by atoms with Crippen molar-refractivity contribution >= 4 is 22.2 Å². The number of nitrogens with one attached hydrogen (secondary N) is 1. The molecule has 0 aliphatic heterocycles. The summed E-state index contributed by atoms with van der Waals surface area (Å²) in [5.74, 6) is 0.398. The molecule has 1 amide bonds. The van der Waals surface area contributed by atoms with Crippen LogP contribution in [0.25, 0.3) is 0 Å². The number of ether oxygens (including phenoxy) is 1. The molecule has 0 atom stereocenters. The van der Waals surface area contributed by atoms with Crippen molar-refractivity contribution in [2.45, 2.75) is 31.8 Å². The van der Waals surface area contributed by atoms with Gasteiger partial charge in [-0.15, -0.1) is 0 Å². The average Bonchev–Trinajstić information content (AvgIpc) is 3.02. The third-order valence-electron chi connectivity index (χ3n) is 3.38. The zero-order valence-corrected chi connectivity index (χ0v) is 18.4. The molecule has 8 nitrogen and oxygen atoms in total. The predicted octanol–water partition coefficient (Wildman–Crippen LogP) is -0.851. The number of hydrogen-bond donors (Lipinski definition) is 1. The minimum atomic E-state index is -4.66. The number of amides is 1. The van der Waals surface area contributed by atoms with Gasteiger partial charge in [0.2, 0.25) is 5.09 Å². The van der Waals surface area contributed by atoms with Crippen LogP contribution in [-0.4, -0.2) is 31.7 Å². The first-order chi connectivity index (χ1) is 12.2. The van der Waals surface area contributed by atoms with Crippen molar-refractivity contribution in [3.8, 4) is 5.75 Å². The van der Waals surface area contributed by atoms with Crippen LogP contribution >= 0.6 is 0 Å². The van der Waals surface area contributed by atoms with Crippen molar-refractivity contribution in [1.29, 1.82) is 0 Å². The van der Waals surface area contributed by atoms with Crippen molar-refractivity contribution in [3.05, 3.63) is 47.2 Å². The number of hydrogen-bond acceptors (Lipinski definition) is 7. The van der Waals surface area contributed by atoms with Crippen LogP contribution in [0.3, 0.4) is 0 Å². The molecule has 27 heavy (non-hydrogen) atoms. The number of rotatable bonds is 7. The summed E-state index contributed by atoms with van der Waals surface area (Å²) in [6, 6.07) is 8.06.